The molecule has 0 aliphatic carbocycles. The molecular formula is C14H10ClN3. The molecule has 0 aliphatic heterocycles. The van der Waals surface area contributed by atoms with Crippen LogP contribution in [0.25, 0.3) is 22.5 Å². The van der Waals surface area contributed by atoms with Gasteiger partial charge in [-0.2, -0.15) is 15.4 Å². The number of halogens is 1. The van der Waals surface area contributed by atoms with Crippen LogP contribution in [-0.2, 0) is 0 Å². The average Bonchev–Trinajstić information content (AvgIpc) is 2.89. The molecule has 0 unspecified atom stereocenters. The van der Waals surface area contributed by atoms with Crippen LogP contribution in [-0.4, -0.2) is 15.4 Å². The highest BCUT2D eigenvalue weighted by molar-refractivity contribution is 6.30. The minimum Gasteiger partial charge on any atom is -0.197 e. The molecular weight excluding hydrogens is 246 g/mol. The molecule has 3 aromatic rings. The fourth-order valence-corrected chi connectivity index (χ4v) is 2.06. The largest absolute Gasteiger partial charge is 0.197 e. The Labute approximate surface area is 109 Å². The molecule has 4 heteroatoms. The third-order valence-corrected chi connectivity index (χ3v) is 2.93. The third-order valence-electron chi connectivity index (χ3n) is 2.69. The van der Waals surface area contributed by atoms with Gasteiger partial charge < -0.3 is 0 Å². The fraction of sp³-hybridized carbons (Fsp3) is 0. The molecule has 0 spiro atoms. The Morgan fingerprint density at radius 1 is 0.778 bits per heavy atom. The molecule has 3 rings (SSSR count). The van der Waals surface area contributed by atoms with Crippen LogP contribution in [0.2, 0.25) is 5.02 Å². The zero-order valence-corrected chi connectivity index (χ0v) is 10.2. The summed E-state index contributed by atoms with van der Waals surface area (Å²) in [4.78, 5) is 0. The van der Waals surface area contributed by atoms with Gasteiger partial charge in [0.1, 0.15) is 11.4 Å². The number of hydrogen-bond donors (Lipinski definition) is 1. The lowest BCUT2D eigenvalue weighted by atomic mass is 10.1. The molecule has 0 bridgehead atoms. The van der Waals surface area contributed by atoms with Gasteiger partial charge >= 0.3 is 0 Å². The van der Waals surface area contributed by atoms with E-state index in [1.165, 1.54) is 0 Å². The van der Waals surface area contributed by atoms with Gasteiger partial charge in [-0.3, -0.25) is 0 Å². The number of aromatic amines is 1. The van der Waals surface area contributed by atoms with Crippen molar-refractivity contribution >= 4 is 11.6 Å². The van der Waals surface area contributed by atoms with E-state index in [4.69, 9.17) is 11.6 Å². The van der Waals surface area contributed by atoms with E-state index in [0.29, 0.717) is 5.02 Å². The summed E-state index contributed by atoms with van der Waals surface area (Å²) >= 11 is 6.00. The zero-order valence-electron chi connectivity index (χ0n) is 9.47. The van der Waals surface area contributed by atoms with Crippen molar-refractivity contribution < 1.29 is 0 Å². The molecule has 3 nitrogen and oxygen atoms in total. The maximum absolute atomic E-state index is 6.00. The first kappa shape index (κ1) is 11.0. The molecule has 0 aliphatic rings. The van der Waals surface area contributed by atoms with E-state index in [1.807, 2.05) is 54.6 Å². The van der Waals surface area contributed by atoms with Crippen LogP contribution in [0.15, 0.2) is 54.6 Å². The average molecular weight is 256 g/mol. The summed E-state index contributed by atoms with van der Waals surface area (Å²) in [6, 6.07) is 17.5. The maximum atomic E-state index is 6.00. The molecule has 0 atom stereocenters. The summed E-state index contributed by atoms with van der Waals surface area (Å²) in [5.74, 6) is 0. The van der Waals surface area contributed by atoms with Crippen molar-refractivity contribution in [2.75, 3.05) is 0 Å². The first-order valence-electron chi connectivity index (χ1n) is 5.57. The van der Waals surface area contributed by atoms with Gasteiger partial charge in [0.2, 0.25) is 0 Å². The summed E-state index contributed by atoms with van der Waals surface area (Å²) in [6.45, 7) is 0. The Hall–Kier alpha value is -2.13. The summed E-state index contributed by atoms with van der Waals surface area (Å²) in [5.41, 5.74) is 3.62. The second-order valence-corrected chi connectivity index (χ2v) is 4.33. The quantitative estimate of drug-likeness (QED) is 0.757. The second kappa shape index (κ2) is 4.63. The van der Waals surface area contributed by atoms with Crippen molar-refractivity contribution in [3.8, 4) is 22.5 Å². The third kappa shape index (κ3) is 2.00. The highest BCUT2D eigenvalue weighted by Gasteiger charge is 2.11. The standard InChI is InChI=1S/C14H10ClN3/c15-12-8-4-7-11(9-12)14-13(16-18-17-14)10-5-2-1-3-6-10/h1-9H,(H,16,17,18). The van der Waals surface area contributed by atoms with Gasteiger partial charge in [-0.15, -0.1) is 0 Å². The Bertz CT molecular complexity index is 662. The first-order chi connectivity index (χ1) is 8.84. The van der Waals surface area contributed by atoms with Crippen molar-refractivity contribution in [2.45, 2.75) is 0 Å². The lowest BCUT2D eigenvalue weighted by molar-refractivity contribution is 0.944. The number of benzene rings is 2. The van der Waals surface area contributed by atoms with Crippen molar-refractivity contribution in [3.05, 3.63) is 59.6 Å². The predicted octanol–water partition coefficient (Wildman–Crippen LogP) is 3.79. The number of nitrogens with one attached hydrogen (secondary N) is 1. The van der Waals surface area contributed by atoms with E-state index in [9.17, 15) is 0 Å². The first-order valence-corrected chi connectivity index (χ1v) is 5.94. The summed E-state index contributed by atoms with van der Waals surface area (Å²) < 4.78 is 0. The Morgan fingerprint density at radius 3 is 2.17 bits per heavy atom. The molecule has 0 radical (unpaired) electrons. The number of aromatic nitrogens is 3. The van der Waals surface area contributed by atoms with Gasteiger partial charge in [0.15, 0.2) is 0 Å². The summed E-state index contributed by atoms with van der Waals surface area (Å²) in [5, 5.41) is 11.8. The Morgan fingerprint density at radius 2 is 1.44 bits per heavy atom. The molecule has 0 saturated carbocycles. The highest BCUT2D eigenvalue weighted by Crippen LogP contribution is 2.29. The molecule has 2 aromatic carbocycles. The number of rotatable bonds is 2. The highest BCUT2D eigenvalue weighted by atomic mass is 35.5. The summed E-state index contributed by atoms with van der Waals surface area (Å²) in [7, 11) is 0. The molecule has 18 heavy (non-hydrogen) atoms. The van der Waals surface area contributed by atoms with Gasteiger partial charge in [-0.25, -0.2) is 0 Å². The SMILES string of the molecule is Clc1cccc(-c2n[nH]nc2-c2ccccc2)c1. The maximum Gasteiger partial charge on any atom is 0.120 e. The lowest BCUT2D eigenvalue weighted by Crippen LogP contribution is -1.83. The Balaban J connectivity index is 2.13. The van der Waals surface area contributed by atoms with E-state index >= 15 is 0 Å². The van der Waals surface area contributed by atoms with Crippen LogP contribution in [0, 0.1) is 0 Å². The van der Waals surface area contributed by atoms with E-state index in [-0.39, 0.29) is 0 Å². The van der Waals surface area contributed by atoms with Crippen LogP contribution in [0.5, 0.6) is 0 Å². The van der Waals surface area contributed by atoms with Crippen LogP contribution in [0.4, 0.5) is 0 Å². The molecule has 0 amide bonds. The van der Waals surface area contributed by atoms with E-state index in [2.05, 4.69) is 15.4 Å². The minimum atomic E-state index is 0.689. The molecule has 0 fully saturated rings. The smallest absolute Gasteiger partial charge is 0.120 e. The predicted molar refractivity (Wildman–Crippen MR) is 72.3 cm³/mol. The van der Waals surface area contributed by atoms with Gasteiger partial charge in [-0.05, 0) is 12.1 Å². The fourth-order valence-electron chi connectivity index (χ4n) is 1.87. The number of nitrogens with zero attached hydrogens (tertiary/aromatic N) is 2. The second-order valence-electron chi connectivity index (χ2n) is 3.90. The zero-order chi connectivity index (χ0) is 12.4. The van der Waals surface area contributed by atoms with Crippen LogP contribution in [0.1, 0.15) is 0 Å². The topological polar surface area (TPSA) is 41.6 Å². The van der Waals surface area contributed by atoms with Gasteiger partial charge in [-0.1, -0.05) is 54.1 Å². The van der Waals surface area contributed by atoms with Gasteiger partial charge in [0, 0.05) is 16.1 Å². The van der Waals surface area contributed by atoms with Crippen molar-refractivity contribution in [3.63, 3.8) is 0 Å². The van der Waals surface area contributed by atoms with E-state index in [1.54, 1.807) is 0 Å². The molecule has 0 saturated heterocycles. The van der Waals surface area contributed by atoms with E-state index in [0.717, 1.165) is 22.5 Å². The minimum absolute atomic E-state index is 0.689. The molecule has 88 valence electrons. The van der Waals surface area contributed by atoms with Crippen molar-refractivity contribution in [2.24, 2.45) is 0 Å². The molecule has 1 heterocycles. The molecule has 1 N–H and O–H groups in total. The van der Waals surface area contributed by atoms with Crippen molar-refractivity contribution in [1.82, 2.24) is 15.4 Å². The Kier molecular flexibility index (Phi) is 2.82. The van der Waals surface area contributed by atoms with Crippen LogP contribution in [0.3, 0.4) is 0 Å². The number of hydrogen-bond acceptors (Lipinski definition) is 2. The normalized spacial score (nSPS) is 10.5. The lowest BCUT2D eigenvalue weighted by Gasteiger charge is -2.01. The van der Waals surface area contributed by atoms with Crippen molar-refractivity contribution in [1.29, 1.82) is 0 Å². The van der Waals surface area contributed by atoms with Crippen LogP contribution < -0.4 is 0 Å². The van der Waals surface area contributed by atoms with Gasteiger partial charge in [0.05, 0.1) is 0 Å². The van der Waals surface area contributed by atoms with Crippen LogP contribution >= 0.6 is 11.6 Å². The van der Waals surface area contributed by atoms with Gasteiger partial charge in [0.25, 0.3) is 0 Å². The monoisotopic (exact) mass is 255 g/mol. The summed E-state index contributed by atoms with van der Waals surface area (Å²) in [6.07, 6.45) is 0. The number of H-pyrrole nitrogens is 1. The molecule has 1 aromatic heterocycles. The van der Waals surface area contributed by atoms with E-state index < -0.39 is 0 Å².